The van der Waals surface area contributed by atoms with Crippen molar-refractivity contribution in [3.8, 4) is 0 Å². The van der Waals surface area contributed by atoms with E-state index in [0.717, 1.165) is 0 Å². The number of hydrogen-bond donors (Lipinski definition) is 4. The summed E-state index contributed by atoms with van der Waals surface area (Å²) in [6, 6.07) is -0.422. The van der Waals surface area contributed by atoms with Gasteiger partial charge >= 0.3 is 0 Å². The fraction of sp³-hybridized carbons (Fsp3) is 0.800. The molecule has 0 aromatic heterocycles. The summed E-state index contributed by atoms with van der Waals surface area (Å²) in [5.41, 5.74) is 0. The topological polar surface area (TPSA) is 58.2 Å². The second-order valence-corrected chi connectivity index (χ2v) is 4.33. The molecule has 0 spiro atoms. The Morgan fingerprint density at radius 1 is 0.938 bits per heavy atom. The zero-order chi connectivity index (χ0) is 12.6. The molecule has 0 aliphatic carbocycles. The summed E-state index contributed by atoms with van der Waals surface area (Å²) in [7, 11) is 0. The van der Waals surface area contributed by atoms with Crippen LogP contribution in [0, 0.1) is 0 Å². The maximum Gasteiger partial charge on any atom is 0.147 e. The average Bonchev–Trinajstić information content (AvgIpc) is 2.22. The van der Waals surface area contributed by atoms with Gasteiger partial charge in [0, 0.05) is 24.6 Å². The highest BCUT2D eigenvalue weighted by molar-refractivity contribution is 7.80. The highest BCUT2D eigenvalue weighted by Crippen LogP contribution is 1.91. The predicted molar refractivity (Wildman–Crippen MR) is 72.6 cm³/mol. The second-order valence-electron chi connectivity index (χ2n) is 3.60. The fourth-order valence-corrected chi connectivity index (χ4v) is 1.94. The fourth-order valence-electron chi connectivity index (χ4n) is 1.17. The number of ketones is 2. The Kier molecular flexibility index (Phi) is 9.02. The van der Waals surface area contributed by atoms with Crippen molar-refractivity contribution >= 4 is 36.8 Å². The molecule has 4 nitrogen and oxygen atoms in total. The molecule has 0 saturated carbocycles. The number of nitrogens with one attached hydrogen (secondary N) is 2. The normalized spacial score (nSPS) is 14.5. The lowest BCUT2D eigenvalue weighted by Gasteiger charge is -2.16. The number of hydrogen-bond acceptors (Lipinski definition) is 6. The van der Waals surface area contributed by atoms with Gasteiger partial charge in [-0.3, -0.25) is 9.59 Å². The van der Waals surface area contributed by atoms with E-state index in [1.807, 2.05) is 0 Å². The van der Waals surface area contributed by atoms with E-state index in [1.54, 1.807) is 0 Å². The Morgan fingerprint density at radius 2 is 1.25 bits per heavy atom. The van der Waals surface area contributed by atoms with Crippen molar-refractivity contribution in [1.82, 2.24) is 10.6 Å². The molecule has 2 atom stereocenters. The van der Waals surface area contributed by atoms with Crippen LogP contribution in [0.4, 0.5) is 0 Å². The zero-order valence-corrected chi connectivity index (χ0v) is 11.5. The van der Waals surface area contributed by atoms with Gasteiger partial charge in [0.25, 0.3) is 0 Å². The molecule has 2 N–H and O–H groups in total. The minimum Gasteiger partial charge on any atom is -0.306 e. The van der Waals surface area contributed by atoms with Gasteiger partial charge in [-0.05, 0) is 13.8 Å². The van der Waals surface area contributed by atoms with Crippen LogP contribution in [0.5, 0.6) is 0 Å². The number of thiol groups is 2. The summed E-state index contributed by atoms with van der Waals surface area (Å²) < 4.78 is 0. The molecule has 0 aliphatic rings. The van der Waals surface area contributed by atoms with E-state index in [1.165, 1.54) is 13.8 Å². The monoisotopic (exact) mass is 264 g/mol. The molecule has 0 amide bonds. The van der Waals surface area contributed by atoms with Gasteiger partial charge in [0.2, 0.25) is 0 Å². The van der Waals surface area contributed by atoms with Crippen LogP contribution >= 0.6 is 25.3 Å². The van der Waals surface area contributed by atoms with Gasteiger partial charge in [-0.25, -0.2) is 0 Å². The summed E-state index contributed by atoms with van der Waals surface area (Å²) in [5, 5.41) is 6.13. The van der Waals surface area contributed by atoms with Crippen LogP contribution in [-0.2, 0) is 9.59 Å². The van der Waals surface area contributed by atoms with E-state index in [2.05, 4.69) is 35.9 Å². The minimum absolute atomic E-state index is 0.0762. The van der Waals surface area contributed by atoms with E-state index >= 15 is 0 Å². The summed E-state index contributed by atoms with van der Waals surface area (Å²) in [6.07, 6.45) is 0. The number of rotatable bonds is 9. The zero-order valence-electron chi connectivity index (χ0n) is 9.69. The van der Waals surface area contributed by atoms with Gasteiger partial charge < -0.3 is 10.6 Å². The van der Waals surface area contributed by atoms with Crippen molar-refractivity contribution in [1.29, 1.82) is 0 Å². The van der Waals surface area contributed by atoms with Gasteiger partial charge in [-0.1, -0.05) is 0 Å². The Bertz CT molecular complexity index is 213. The lowest BCUT2D eigenvalue weighted by molar-refractivity contribution is -0.119. The van der Waals surface area contributed by atoms with Crippen molar-refractivity contribution in [2.45, 2.75) is 25.9 Å². The highest BCUT2D eigenvalue weighted by atomic mass is 32.1. The first-order valence-electron chi connectivity index (χ1n) is 5.22. The number of carbonyl (C=O) groups is 2. The number of Topliss-reactive ketones (excluding diaryl/α,β-unsaturated/α-hetero) is 2. The maximum atomic E-state index is 11.1. The smallest absolute Gasteiger partial charge is 0.147 e. The quantitative estimate of drug-likeness (QED) is 0.348. The third kappa shape index (κ3) is 6.52. The van der Waals surface area contributed by atoms with Gasteiger partial charge in [0.1, 0.15) is 11.6 Å². The maximum absolute atomic E-state index is 11.1. The molecule has 94 valence electrons. The van der Waals surface area contributed by atoms with E-state index in [9.17, 15) is 9.59 Å². The van der Waals surface area contributed by atoms with Crippen molar-refractivity contribution in [3.05, 3.63) is 0 Å². The van der Waals surface area contributed by atoms with Crippen molar-refractivity contribution in [2.75, 3.05) is 24.6 Å². The molecule has 16 heavy (non-hydrogen) atoms. The van der Waals surface area contributed by atoms with Gasteiger partial charge in [0.15, 0.2) is 0 Å². The molecule has 0 aromatic carbocycles. The molecule has 0 radical (unpaired) electrons. The predicted octanol–water partition coefficient (Wildman–Crippen LogP) is -0.0596. The molecule has 0 heterocycles. The lowest BCUT2D eigenvalue weighted by Crippen LogP contribution is -2.44. The third-order valence-electron chi connectivity index (χ3n) is 2.25. The molecule has 0 aliphatic heterocycles. The van der Waals surface area contributed by atoms with Crippen molar-refractivity contribution in [3.63, 3.8) is 0 Å². The molecule has 0 fully saturated rings. The first-order valence-corrected chi connectivity index (χ1v) is 6.48. The average molecular weight is 264 g/mol. The lowest BCUT2D eigenvalue weighted by atomic mass is 10.2. The van der Waals surface area contributed by atoms with Crippen LogP contribution in [0.3, 0.4) is 0 Å². The molecule has 6 heteroatoms. The van der Waals surface area contributed by atoms with E-state index in [-0.39, 0.29) is 23.7 Å². The standard InChI is InChI=1S/C10H20N2O2S2/c1-7(13)9(5-15)11-3-4-12-10(6-16)8(2)14/h9-12,15-16H,3-6H2,1-2H3/t9-,10?/m0/s1. The first kappa shape index (κ1) is 16.0. The Morgan fingerprint density at radius 3 is 1.44 bits per heavy atom. The van der Waals surface area contributed by atoms with Crippen LogP contribution in [0.15, 0.2) is 0 Å². The first-order chi connectivity index (χ1) is 7.52. The van der Waals surface area contributed by atoms with Gasteiger partial charge in [0.05, 0.1) is 12.1 Å². The highest BCUT2D eigenvalue weighted by Gasteiger charge is 2.12. The number of carbonyl (C=O) groups excluding carboxylic acids is 2. The summed E-state index contributed by atoms with van der Waals surface area (Å²) in [6.45, 7) is 4.32. The molecule has 0 rings (SSSR count). The molecular formula is C10H20N2O2S2. The van der Waals surface area contributed by atoms with Crippen molar-refractivity contribution in [2.24, 2.45) is 0 Å². The van der Waals surface area contributed by atoms with Crippen LogP contribution < -0.4 is 10.6 Å². The molecule has 0 bridgehead atoms. The molecule has 0 aromatic rings. The summed E-state index contributed by atoms with van der Waals surface area (Å²) in [4.78, 5) is 22.1. The Labute approximate surface area is 108 Å². The SMILES string of the molecule is CC(=O)C(CS)NCCN[C@@H](CS)C(C)=O. The largest absolute Gasteiger partial charge is 0.306 e. The molecule has 0 saturated heterocycles. The summed E-state index contributed by atoms with van der Waals surface area (Å²) in [5.74, 6) is 1.12. The van der Waals surface area contributed by atoms with Crippen LogP contribution in [0.1, 0.15) is 13.8 Å². The third-order valence-corrected chi connectivity index (χ3v) is 2.98. The van der Waals surface area contributed by atoms with Gasteiger partial charge in [-0.15, -0.1) is 0 Å². The van der Waals surface area contributed by atoms with E-state index < -0.39 is 0 Å². The minimum atomic E-state index is -0.211. The van der Waals surface area contributed by atoms with Gasteiger partial charge in [-0.2, -0.15) is 25.3 Å². The van der Waals surface area contributed by atoms with Crippen molar-refractivity contribution < 1.29 is 9.59 Å². The van der Waals surface area contributed by atoms with Crippen LogP contribution in [0.2, 0.25) is 0 Å². The van der Waals surface area contributed by atoms with E-state index in [4.69, 9.17) is 0 Å². The Hall–Kier alpha value is -0.0400. The second kappa shape index (κ2) is 9.04. The molecular weight excluding hydrogens is 244 g/mol. The van der Waals surface area contributed by atoms with E-state index in [0.29, 0.717) is 24.6 Å². The summed E-state index contributed by atoms with van der Waals surface area (Å²) >= 11 is 8.16. The van der Waals surface area contributed by atoms with Crippen LogP contribution in [-0.4, -0.2) is 48.2 Å². The Balaban J connectivity index is 3.73. The van der Waals surface area contributed by atoms with Crippen LogP contribution in [0.25, 0.3) is 0 Å². The molecule has 1 unspecified atom stereocenters.